The van der Waals surface area contributed by atoms with E-state index in [2.05, 4.69) is 87.2 Å². The summed E-state index contributed by atoms with van der Waals surface area (Å²) in [5.74, 6) is 0. The number of rotatable bonds is 11. The Kier molecular flexibility index (Phi) is 10.3. The molecule has 0 aliphatic heterocycles. The molecule has 2 rings (SSSR count). The third-order valence-electron chi connectivity index (χ3n) is 5.21. The van der Waals surface area contributed by atoms with E-state index in [4.69, 9.17) is 0 Å². The van der Waals surface area contributed by atoms with Crippen molar-refractivity contribution < 1.29 is 16.9 Å². The number of quaternary nitrogens is 1. The Bertz CT molecular complexity index is 601. The van der Waals surface area contributed by atoms with Crippen LogP contribution in [-0.2, 0) is 6.54 Å². The minimum atomic E-state index is 0. The van der Waals surface area contributed by atoms with Crippen LogP contribution < -0.4 is 12.4 Å². The largest absolute Gasteiger partial charge is 1.00 e. The maximum absolute atomic E-state index is 4.25. The van der Waals surface area contributed by atoms with Crippen molar-refractivity contribution in [3.05, 3.63) is 84.4 Å². The van der Waals surface area contributed by atoms with Gasteiger partial charge >= 0.3 is 0 Å². The van der Waals surface area contributed by atoms with Crippen LogP contribution in [0.2, 0.25) is 0 Å². The van der Waals surface area contributed by atoms with Crippen LogP contribution in [0.4, 0.5) is 0 Å². The van der Waals surface area contributed by atoms with Gasteiger partial charge in [0.1, 0.15) is 12.6 Å². The molecule has 2 aromatic carbocycles. The van der Waals surface area contributed by atoms with Gasteiger partial charge in [0, 0.05) is 11.1 Å². The highest BCUT2D eigenvalue weighted by Crippen LogP contribution is 2.34. The van der Waals surface area contributed by atoms with Gasteiger partial charge < -0.3 is 16.9 Å². The maximum atomic E-state index is 4.25. The lowest BCUT2D eigenvalue weighted by Gasteiger charge is -2.44. The predicted octanol–water partition coefficient (Wildman–Crippen LogP) is 3.53. The van der Waals surface area contributed by atoms with E-state index < -0.39 is 0 Å². The van der Waals surface area contributed by atoms with E-state index in [1.165, 1.54) is 49.9 Å². The van der Waals surface area contributed by atoms with E-state index >= 15 is 0 Å². The molecule has 1 unspecified atom stereocenters. The van der Waals surface area contributed by atoms with E-state index in [0.29, 0.717) is 6.04 Å². The summed E-state index contributed by atoms with van der Waals surface area (Å²) < 4.78 is 1.08. The van der Waals surface area contributed by atoms with Gasteiger partial charge in [-0.05, 0) is 18.9 Å². The molecule has 0 saturated carbocycles. The second kappa shape index (κ2) is 11.9. The molecule has 0 bridgehead atoms. The number of benzene rings is 2. The maximum Gasteiger partial charge on any atom is 0.133 e. The summed E-state index contributed by atoms with van der Waals surface area (Å²) in [6, 6.07) is 22.3. The quantitative estimate of drug-likeness (QED) is 0.418. The highest BCUT2D eigenvalue weighted by atomic mass is 35.5. The Morgan fingerprint density at radius 2 is 1.35 bits per heavy atom. The molecule has 0 spiro atoms. The molecule has 2 heteroatoms. The minimum Gasteiger partial charge on any atom is -1.00 e. The summed E-state index contributed by atoms with van der Waals surface area (Å²) in [5.41, 5.74) is 2.82. The predicted molar refractivity (Wildman–Crippen MR) is 109 cm³/mol. The number of halogens is 1. The molecular formula is C24H34ClN. The summed E-state index contributed by atoms with van der Waals surface area (Å²) >= 11 is 0. The van der Waals surface area contributed by atoms with Gasteiger partial charge in [-0.3, -0.25) is 0 Å². The molecule has 0 aliphatic rings. The van der Waals surface area contributed by atoms with Crippen molar-refractivity contribution in [2.45, 2.75) is 52.1 Å². The van der Waals surface area contributed by atoms with Crippen LogP contribution in [0.25, 0.3) is 0 Å². The van der Waals surface area contributed by atoms with Crippen molar-refractivity contribution in [1.29, 1.82) is 0 Å². The van der Waals surface area contributed by atoms with Crippen LogP contribution in [0.3, 0.4) is 0 Å². The van der Waals surface area contributed by atoms with Crippen LogP contribution in [-0.4, -0.2) is 17.6 Å². The lowest BCUT2D eigenvalue weighted by Crippen LogP contribution is -3.00. The minimum absolute atomic E-state index is 0. The highest BCUT2D eigenvalue weighted by Gasteiger charge is 2.35. The van der Waals surface area contributed by atoms with Crippen molar-refractivity contribution in [1.82, 2.24) is 0 Å². The standard InChI is InChI=1S/C24H34N.ClH/c1-4-7-19-25(20-8-5-2,21-22-15-11-9-12-16-22)24(6-3)23-17-13-10-14-18-23;/h6,9-18,24H,3-5,7-8,19-21H2,1-2H3;1H/q+1;/p-1. The lowest BCUT2D eigenvalue weighted by atomic mass is 9.98. The third kappa shape index (κ3) is 6.00. The molecule has 26 heavy (non-hydrogen) atoms. The molecule has 0 aromatic heterocycles. The fraction of sp³-hybridized carbons (Fsp3) is 0.417. The second-order valence-electron chi connectivity index (χ2n) is 7.11. The molecule has 1 nitrogen and oxygen atoms in total. The van der Waals surface area contributed by atoms with Crippen LogP contribution in [0.15, 0.2) is 73.3 Å². The Hall–Kier alpha value is -1.57. The first-order valence-electron chi connectivity index (χ1n) is 9.83. The fourth-order valence-corrected chi connectivity index (χ4v) is 3.87. The molecule has 0 saturated heterocycles. The van der Waals surface area contributed by atoms with Crippen LogP contribution in [0, 0.1) is 0 Å². The zero-order valence-electron chi connectivity index (χ0n) is 16.4. The highest BCUT2D eigenvalue weighted by molar-refractivity contribution is 5.21. The van der Waals surface area contributed by atoms with Gasteiger partial charge in [0.25, 0.3) is 0 Å². The smallest absolute Gasteiger partial charge is 0.133 e. The van der Waals surface area contributed by atoms with Gasteiger partial charge in [-0.15, -0.1) is 0 Å². The van der Waals surface area contributed by atoms with Crippen molar-refractivity contribution in [3.8, 4) is 0 Å². The number of nitrogens with zero attached hydrogens (tertiary/aromatic N) is 1. The van der Waals surface area contributed by atoms with Crippen molar-refractivity contribution in [2.24, 2.45) is 0 Å². The monoisotopic (exact) mass is 371 g/mol. The van der Waals surface area contributed by atoms with Gasteiger partial charge in [-0.2, -0.15) is 0 Å². The first-order chi connectivity index (χ1) is 12.3. The summed E-state index contributed by atoms with van der Waals surface area (Å²) in [6.07, 6.45) is 7.17. The molecule has 0 fully saturated rings. The van der Waals surface area contributed by atoms with Crippen molar-refractivity contribution >= 4 is 0 Å². The SMILES string of the molecule is C=CC(c1ccccc1)[N+](CCCC)(CCCC)Cc1ccccc1.[Cl-]. The van der Waals surface area contributed by atoms with Gasteiger partial charge in [-0.25, -0.2) is 0 Å². The summed E-state index contributed by atoms with van der Waals surface area (Å²) in [5, 5.41) is 0. The number of hydrogen-bond acceptors (Lipinski definition) is 0. The second-order valence-corrected chi connectivity index (χ2v) is 7.11. The summed E-state index contributed by atoms with van der Waals surface area (Å²) in [4.78, 5) is 0. The molecule has 0 N–H and O–H groups in total. The molecule has 142 valence electrons. The molecule has 0 radical (unpaired) electrons. The lowest BCUT2D eigenvalue weighted by molar-refractivity contribution is -0.963. The first-order valence-corrected chi connectivity index (χ1v) is 9.83. The fourth-order valence-electron chi connectivity index (χ4n) is 3.87. The average Bonchev–Trinajstić information content (AvgIpc) is 2.67. The normalized spacial score (nSPS) is 12.2. The van der Waals surface area contributed by atoms with Gasteiger partial charge in [0.2, 0.25) is 0 Å². The first kappa shape index (κ1) is 22.5. The van der Waals surface area contributed by atoms with Gasteiger partial charge in [0.05, 0.1) is 13.1 Å². The Morgan fingerprint density at radius 3 is 1.81 bits per heavy atom. The number of unbranched alkanes of at least 4 members (excludes halogenated alkanes) is 2. The van der Waals surface area contributed by atoms with E-state index in [1.54, 1.807) is 0 Å². The molecule has 0 heterocycles. The van der Waals surface area contributed by atoms with Crippen LogP contribution in [0.5, 0.6) is 0 Å². The van der Waals surface area contributed by atoms with Crippen molar-refractivity contribution in [3.63, 3.8) is 0 Å². The Morgan fingerprint density at radius 1 is 0.846 bits per heavy atom. The van der Waals surface area contributed by atoms with Gasteiger partial charge in [0.15, 0.2) is 0 Å². The third-order valence-corrected chi connectivity index (χ3v) is 5.21. The van der Waals surface area contributed by atoms with Crippen LogP contribution in [0.1, 0.15) is 56.7 Å². The van der Waals surface area contributed by atoms with Crippen molar-refractivity contribution in [2.75, 3.05) is 13.1 Å². The zero-order valence-corrected chi connectivity index (χ0v) is 17.2. The van der Waals surface area contributed by atoms with E-state index in [9.17, 15) is 0 Å². The summed E-state index contributed by atoms with van der Waals surface area (Å²) in [7, 11) is 0. The Labute approximate surface area is 166 Å². The average molecular weight is 372 g/mol. The summed E-state index contributed by atoms with van der Waals surface area (Å²) in [6.45, 7) is 12.3. The molecular weight excluding hydrogens is 338 g/mol. The van der Waals surface area contributed by atoms with Crippen LogP contribution >= 0.6 is 0 Å². The topological polar surface area (TPSA) is 0 Å². The van der Waals surface area contributed by atoms with E-state index in [1.807, 2.05) is 0 Å². The number of hydrogen-bond donors (Lipinski definition) is 0. The van der Waals surface area contributed by atoms with Gasteiger partial charge in [-0.1, -0.05) is 93.9 Å². The van der Waals surface area contributed by atoms with E-state index in [0.717, 1.165) is 11.0 Å². The molecule has 0 aliphatic carbocycles. The molecule has 0 amide bonds. The molecule has 2 aromatic rings. The zero-order chi connectivity index (χ0) is 18.0. The Balaban J connectivity index is 0.00000338. The van der Waals surface area contributed by atoms with E-state index in [-0.39, 0.29) is 12.4 Å². The molecule has 1 atom stereocenters.